The molecule has 1 amide bonds. The van der Waals surface area contributed by atoms with Crippen molar-refractivity contribution in [2.24, 2.45) is 5.73 Å². The smallest absolute Gasteiger partial charge is 0.413 e. The summed E-state index contributed by atoms with van der Waals surface area (Å²) in [6.45, 7) is 7.21. The Kier molecular flexibility index (Phi) is 4.67. The number of aromatic nitrogens is 1. The van der Waals surface area contributed by atoms with Gasteiger partial charge in [0.2, 0.25) is 0 Å². The van der Waals surface area contributed by atoms with E-state index in [1.165, 1.54) is 0 Å². The van der Waals surface area contributed by atoms with Crippen LogP contribution in [0.4, 0.5) is 16.4 Å². The number of rotatable bonds is 2. The zero-order valence-corrected chi connectivity index (χ0v) is 12.9. The number of nitrogens with one attached hydrogen (secondary N) is 1. The molecular formula is C15H24N4O2. The quantitative estimate of drug-likeness (QED) is 0.874. The normalized spacial score (nSPS) is 19.2. The summed E-state index contributed by atoms with van der Waals surface area (Å²) in [4.78, 5) is 18.4. The average Bonchev–Trinajstić information content (AvgIpc) is 2.36. The van der Waals surface area contributed by atoms with Gasteiger partial charge < -0.3 is 15.4 Å². The summed E-state index contributed by atoms with van der Waals surface area (Å²) < 4.78 is 5.22. The van der Waals surface area contributed by atoms with E-state index in [-0.39, 0.29) is 6.04 Å². The van der Waals surface area contributed by atoms with E-state index in [0.29, 0.717) is 5.82 Å². The molecule has 2 rings (SSSR count). The number of hydrogen-bond donors (Lipinski definition) is 2. The minimum absolute atomic E-state index is 0.183. The van der Waals surface area contributed by atoms with Gasteiger partial charge in [-0.1, -0.05) is 6.07 Å². The summed E-state index contributed by atoms with van der Waals surface area (Å²) in [6, 6.07) is 5.73. The Balaban J connectivity index is 2.02. The van der Waals surface area contributed by atoms with Gasteiger partial charge in [-0.2, -0.15) is 0 Å². The fourth-order valence-electron chi connectivity index (χ4n) is 2.30. The third-order valence-corrected chi connectivity index (χ3v) is 3.15. The maximum Gasteiger partial charge on any atom is 0.413 e. The molecule has 6 heteroatoms. The van der Waals surface area contributed by atoms with E-state index in [2.05, 4.69) is 15.2 Å². The Morgan fingerprint density at radius 1 is 1.48 bits per heavy atom. The second-order valence-corrected chi connectivity index (χ2v) is 6.36. The standard InChI is InChI=1S/C15H24N4O2/c1-15(2,3)21-14(20)18-12-7-4-8-13(17-12)19-9-5-6-11(16)10-19/h4,7-8,11H,5-6,9-10,16H2,1-3H3,(H,17,18,20). The minimum atomic E-state index is -0.526. The Morgan fingerprint density at radius 3 is 2.90 bits per heavy atom. The second-order valence-electron chi connectivity index (χ2n) is 6.36. The van der Waals surface area contributed by atoms with Crippen LogP contribution in [-0.2, 0) is 4.74 Å². The third-order valence-electron chi connectivity index (χ3n) is 3.15. The van der Waals surface area contributed by atoms with Crippen LogP contribution in [0, 0.1) is 0 Å². The van der Waals surface area contributed by atoms with Crippen LogP contribution in [-0.4, -0.2) is 35.8 Å². The molecule has 1 saturated heterocycles. The maximum atomic E-state index is 11.8. The summed E-state index contributed by atoms with van der Waals surface area (Å²) in [5.74, 6) is 1.32. The number of hydrogen-bond acceptors (Lipinski definition) is 5. The monoisotopic (exact) mass is 292 g/mol. The first-order valence-electron chi connectivity index (χ1n) is 7.31. The molecule has 6 nitrogen and oxygen atoms in total. The maximum absolute atomic E-state index is 11.8. The van der Waals surface area contributed by atoms with Gasteiger partial charge in [-0.05, 0) is 45.7 Å². The van der Waals surface area contributed by atoms with Crippen LogP contribution < -0.4 is 16.0 Å². The van der Waals surface area contributed by atoms with Crippen molar-refractivity contribution in [3.8, 4) is 0 Å². The predicted octanol–water partition coefficient (Wildman–Crippen LogP) is 2.36. The van der Waals surface area contributed by atoms with Crippen LogP contribution in [0.5, 0.6) is 0 Å². The van der Waals surface area contributed by atoms with Crippen LogP contribution in [0.1, 0.15) is 33.6 Å². The summed E-state index contributed by atoms with van der Waals surface area (Å²) in [5.41, 5.74) is 5.47. The Bertz CT molecular complexity index is 499. The lowest BCUT2D eigenvalue weighted by Crippen LogP contribution is -2.43. The molecule has 1 unspecified atom stereocenters. The van der Waals surface area contributed by atoms with E-state index in [9.17, 15) is 4.79 Å². The minimum Gasteiger partial charge on any atom is -0.444 e. The molecule has 0 spiro atoms. The van der Waals surface area contributed by atoms with Gasteiger partial charge in [0.05, 0.1) is 0 Å². The molecule has 0 aliphatic carbocycles. The van der Waals surface area contributed by atoms with E-state index in [4.69, 9.17) is 10.5 Å². The lowest BCUT2D eigenvalue weighted by molar-refractivity contribution is 0.0635. The first-order valence-corrected chi connectivity index (χ1v) is 7.31. The van der Waals surface area contributed by atoms with Crippen molar-refractivity contribution in [2.75, 3.05) is 23.3 Å². The molecule has 1 fully saturated rings. The number of nitrogens with zero attached hydrogens (tertiary/aromatic N) is 2. The number of anilines is 2. The fraction of sp³-hybridized carbons (Fsp3) is 0.600. The van der Waals surface area contributed by atoms with Gasteiger partial charge in [-0.15, -0.1) is 0 Å². The van der Waals surface area contributed by atoms with Gasteiger partial charge in [-0.3, -0.25) is 5.32 Å². The van der Waals surface area contributed by atoms with Crippen LogP contribution in [0.3, 0.4) is 0 Å². The molecule has 1 aliphatic rings. The van der Waals surface area contributed by atoms with Crippen LogP contribution in [0.15, 0.2) is 18.2 Å². The van der Waals surface area contributed by atoms with Gasteiger partial charge in [0.1, 0.15) is 17.2 Å². The van der Waals surface area contributed by atoms with Gasteiger partial charge in [0, 0.05) is 19.1 Å². The number of carbonyl (C=O) groups excluding carboxylic acids is 1. The molecule has 1 aromatic heterocycles. The number of amides is 1. The van der Waals surface area contributed by atoms with Gasteiger partial charge in [-0.25, -0.2) is 9.78 Å². The molecule has 21 heavy (non-hydrogen) atoms. The van der Waals surface area contributed by atoms with E-state index in [0.717, 1.165) is 31.7 Å². The fourth-order valence-corrected chi connectivity index (χ4v) is 2.30. The Labute approximate surface area is 125 Å². The molecule has 1 atom stereocenters. The van der Waals surface area contributed by atoms with Crippen LogP contribution in [0.2, 0.25) is 0 Å². The highest BCUT2D eigenvalue weighted by atomic mass is 16.6. The van der Waals surface area contributed by atoms with Crippen molar-refractivity contribution in [3.05, 3.63) is 18.2 Å². The van der Waals surface area contributed by atoms with E-state index >= 15 is 0 Å². The molecular weight excluding hydrogens is 268 g/mol. The first kappa shape index (κ1) is 15.6. The molecule has 2 heterocycles. The molecule has 1 aromatic rings. The number of nitrogens with two attached hydrogens (primary N) is 1. The molecule has 116 valence electrons. The van der Waals surface area contributed by atoms with Crippen molar-refractivity contribution < 1.29 is 9.53 Å². The Morgan fingerprint density at radius 2 is 2.24 bits per heavy atom. The molecule has 3 N–H and O–H groups in total. The molecule has 0 radical (unpaired) electrons. The zero-order chi connectivity index (χ0) is 15.5. The van der Waals surface area contributed by atoms with Crippen LogP contribution >= 0.6 is 0 Å². The first-order chi connectivity index (χ1) is 9.83. The molecule has 0 aromatic carbocycles. The zero-order valence-electron chi connectivity index (χ0n) is 12.9. The number of ether oxygens (including phenoxy) is 1. The lowest BCUT2D eigenvalue weighted by atomic mass is 10.1. The highest BCUT2D eigenvalue weighted by Crippen LogP contribution is 2.19. The van der Waals surface area contributed by atoms with Crippen molar-refractivity contribution in [2.45, 2.75) is 45.3 Å². The summed E-state index contributed by atoms with van der Waals surface area (Å²) in [6.07, 6.45) is 1.61. The van der Waals surface area contributed by atoms with Crippen LogP contribution in [0.25, 0.3) is 0 Å². The second kappa shape index (κ2) is 6.30. The number of pyridine rings is 1. The highest BCUT2D eigenvalue weighted by Gasteiger charge is 2.19. The van der Waals surface area contributed by atoms with Gasteiger partial charge in [0.15, 0.2) is 0 Å². The molecule has 0 saturated carbocycles. The summed E-state index contributed by atoms with van der Waals surface area (Å²) in [5, 5.41) is 2.66. The lowest BCUT2D eigenvalue weighted by Gasteiger charge is -2.31. The van der Waals surface area contributed by atoms with E-state index < -0.39 is 11.7 Å². The van der Waals surface area contributed by atoms with Gasteiger partial charge in [0.25, 0.3) is 0 Å². The predicted molar refractivity (Wildman–Crippen MR) is 83.5 cm³/mol. The molecule has 0 bridgehead atoms. The Hall–Kier alpha value is -1.82. The molecule has 1 aliphatic heterocycles. The van der Waals surface area contributed by atoms with Crippen molar-refractivity contribution in [3.63, 3.8) is 0 Å². The van der Waals surface area contributed by atoms with Crippen molar-refractivity contribution >= 4 is 17.7 Å². The van der Waals surface area contributed by atoms with E-state index in [1.54, 1.807) is 6.07 Å². The van der Waals surface area contributed by atoms with E-state index in [1.807, 2.05) is 32.9 Å². The average molecular weight is 292 g/mol. The highest BCUT2D eigenvalue weighted by molar-refractivity contribution is 5.83. The van der Waals surface area contributed by atoms with Crippen molar-refractivity contribution in [1.82, 2.24) is 4.98 Å². The number of piperidine rings is 1. The van der Waals surface area contributed by atoms with Crippen molar-refractivity contribution in [1.29, 1.82) is 0 Å². The summed E-state index contributed by atoms with van der Waals surface area (Å²) in [7, 11) is 0. The topological polar surface area (TPSA) is 80.5 Å². The summed E-state index contributed by atoms with van der Waals surface area (Å²) >= 11 is 0. The SMILES string of the molecule is CC(C)(C)OC(=O)Nc1cccc(N2CCCC(N)C2)n1. The largest absolute Gasteiger partial charge is 0.444 e. The van der Waals surface area contributed by atoms with Gasteiger partial charge >= 0.3 is 6.09 Å². The third kappa shape index (κ3) is 4.90. The number of carbonyl (C=O) groups is 1.